The molecule has 1 unspecified atom stereocenters. The number of hydrazine groups is 2. The molecule has 0 aromatic heterocycles. The smallest absolute Gasteiger partial charge is 0.335 e. The van der Waals surface area contributed by atoms with Gasteiger partial charge in [-0.1, -0.05) is 55.3 Å². The van der Waals surface area contributed by atoms with Crippen LogP contribution in [0.25, 0.3) is 0 Å². The fourth-order valence-electron chi connectivity index (χ4n) is 6.13. The van der Waals surface area contributed by atoms with E-state index < -0.39 is 11.5 Å². The van der Waals surface area contributed by atoms with Crippen LogP contribution < -0.4 is 16.2 Å². The van der Waals surface area contributed by atoms with Gasteiger partial charge in [-0.15, -0.1) is 0 Å². The highest BCUT2D eigenvalue weighted by Gasteiger charge is 2.51. The van der Waals surface area contributed by atoms with Crippen LogP contribution in [0.5, 0.6) is 0 Å². The van der Waals surface area contributed by atoms with Crippen molar-refractivity contribution in [1.82, 2.24) is 26.2 Å². The molecule has 1 amide bonds. The van der Waals surface area contributed by atoms with Gasteiger partial charge in [0.15, 0.2) is 0 Å². The van der Waals surface area contributed by atoms with Gasteiger partial charge in [0.1, 0.15) is 5.54 Å². The highest BCUT2D eigenvalue weighted by molar-refractivity contribution is 5.88. The standard InChI is InChI=1S/C29H39N5O3/c35-27(36)25-12-10-24(11-13-25)20-34-31-21-29(32-34,26-8-4-5-9-26)28(37)30-18-22-14-16-33(17-15-22)19-23-6-2-1-3-7-23/h1-3,6-7,10-13,22,26,31-32H,4-5,8-9,14-21H2,(H,30,37)(H,35,36). The zero-order valence-electron chi connectivity index (χ0n) is 21.5. The molecule has 8 nitrogen and oxygen atoms in total. The van der Waals surface area contributed by atoms with E-state index in [0.717, 1.165) is 70.3 Å². The number of carbonyl (C=O) groups excluding carboxylic acids is 1. The molecule has 3 fully saturated rings. The van der Waals surface area contributed by atoms with E-state index in [1.54, 1.807) is 12.1 Å². The lowest BCUT2D eigenvalue weighted by Gasteiger charge is -2.36. The van der Waals surface area contributed by atoms with E-state index in [1.807, 2.05) is 17.3 Å². The maximum atomic E-state index is 13.7. The molecule has 2 saturated heterocycles. The Morgan fingerprint density at radius 3 is 2.27 bits per heavy atom. The molecule has 8 heteroatoms. The number of amides is 1. The third-order valence-corrected chi connectivity index (χ3v) is 8.39. The van der Waals surface area contributed by atoms with Crippen LogP contribution >= 0.6 is 0 Å². The molecule has 2 aromatic rings. The Morgan fingerprint density at radius 1 is 0.919 bits per heavy atom. The van der Waals surface area contributed by atoms with Crippen LogP contribution in [0.4, 0.5) is 0 Å². The van der Waals surface area contributed by atoms with Gasteiger partial charge in [-0.2, -0.15) is 5.12 Å². The molecule has 2 aromatic carbocycles. The first kappa shape index (κ1) is 25.9. The molecule has 3 aliphatic rings. The minimum atomic E-state index is -0.928. The number of benzene rings is 2. The van der Waals surface area contributed by atoms with Gasteiger partial charge in [0.05, 0.1) is 12.1 Å². The van der Waals surface area contributed by atoms with Crippen LogP contribution in [0.15, 0.2) is 54.6 Å². The van der Waals surface area contributed by atoms with Crippen molar-refractivity contribution in [2.24, 2.45) is 11.8 Å². The van der Waals surface area contributed by atoms with Crippen LogP contribution in [-0.2, 0) is 17.9 Å². The summed E-state index contributed by atoms with van der Waals surface area (Å²) in [7, 11) is 0. The van der Waals surface area contributed by atoms with Crippen molar-refractivity contribution in [3.05, 3.63) is 71.3 Å². The molecule has 5 rings (SSSR count). The highest BCUT2D eigenvalue weighted by Crippen LogP contribution is 2.36. The van der Waals surface area contributed by atoms with E-state index in [-0.39, 0.29) is 11.5 Å². The van der Waals surface area contributed by atoms with Crippen molar-refractivity contribution in [2.45, 2.75) is 57.2 Å². The van der Waals surface area contributed by atoms with Crippen molar-refractivity contribution < 1.29 is 14.7 Å². The van der Waals surface area contributed by atoms with Crippen molar-refractivity contribution in [2.75, 3.05) is 26.2 Å². The summed E-state index contributed by atoms with van der Waals surface area (Å²) < 4.78 is 0. The Hall–Kier alpha value is -2.78. The van der Waals surface area contributed by atoms with Crippen LogP contribution in [0.3, 0.4) is 0 Å². The van der Waals surface area contributed by atoms with E-state index in [0.29, 0.717) is 24.9 Å². The molecular formula is C29H39N5O3. The second kappa shape index (κ2) is 11.7. The lowest BCUT2D eigenvalue weighted by molar-refractivity contribution is -0.130. The molecule has 198 valence electrons. The van der Waals surface area contributed by atoms with Crippen molar-refractivity contribution in [3.8, 4) is 0 Å². The molecule has 37 heavy (non-hydrogen) atoms. The zero-order chi connectivity index (χ0) is 25.7. The summed E-state index contributed by atoms with van der Waals surface area (Å²) in [6.45, 7) is 4.96. The average molecular weight is 506 g/mol. The molecule has 1 atom stereocenters. The third kappa shape index (κ3) is 6.21. The van der Waals surface area contributed by atoms with E-state index in [9.17, 15) is 9.59 Å². The molecule has 4 N–H and O–H groups in total. The van der Waals surface area contributed by atoms with Gasteiger partial charge in [0.2, 0.25) is 5.91 Å². The number of hydrogen-bond donors (Lipinski definition) is 4. The number of piperidine rings is 1. The number of hydrogen-bond acceptors (Lipinski definition) is 6. The molecule has 2 aliphatic heterocycles. The topological polar surface area (TPSA) is 96.9 Å². The summed E-state index contributed by atoms with van der Waals surface area (Å²) in [5.41, 5.74) is 8.90. The minimum Gasteiger partial charge on any atom is -0.478 e. The maximum Gasteiger partial charge on any atom is 0.335 e. The Bertz CT molecular complexity index is 1050. The van der Waals surface area contributed by atoms with Crippen molar-refractivity contribution >= 4 is 11.9 Å². The summed E-state index contributed by atoms with van der Waals surface area (Å²) >= 11 is 0. The number of carbonyl (C=O) groups is 2. The number of nitrogens with one attached hydrogen (secondary N) is 3. The van der Waals surface area contributed by atoms with Gasteiger partial charge in [-0.05, 0) is 73.9 Å². The minimum absolute atomic E-state index is 0.0994. The fourth-order valence-corrected chi connectivity index (χ4v) is 6.13. The Kier molecular flexibility index (Phi) is 8.20. The molecule has 1 aliphatic carbocycles. The first-order valence-electron chi connectivity index (χ1n) is 13.7. The SMILES string of the molecule is O=C(O)c1ccc(CN2NCC(C(=O)NCC3CCN(Cc4ccccc4)CC3)(C3CCCC3)N2)cc1. The highest BCUT2D eigenvalue weighted by atomic mass is 16.4. The van der Waals surface area contributed by atoms with Crippen LogP contribution in [0.1, 0.15) is 60.0 Å². The lowest BCUT2D eigenvalue weighted by Crippen LogP contribution is -2.62. The summed E-state index contributed by atoms with van der Waals surface area (Å²) in [6.07, 6.45) is 6.65. The predicted octanol–water partition coefficient (Wildman–Crippen LogP) is 3.17. The van der Waals surface area contributed by atoms with Crippen LogP contribution in [-0.4, -0.2) is 58.7 Å². The van der Waals surface area contributed by atoms with Gasteiger partial charge in [0.25, 0.3) is 0 Å². The molecule has 0 spiro atoms. The lowest BCUT2D eigenvalue weighted by atomic mass is 9.82. The molecule has 0 radical (unpaired) electrons. The molecule has 0 bridgehead atoms. The van der Waals surface area contributed by atoms with Gasteiger partial charge >= 0.3 is 5.97 Å². The van der Waals surface area contributed by atoms with E-state index in [2.05, 4.69) is 51.4 Å². The number of carboxylic acid groups (broad SMARTS) is 1. The van der Waals surface area contributed by atoms with Gasteiger partial charge in [-0.3, -0.25) is 9.69 Å². The quantitative estimate of drug-likeness (QED) is 0.416. The summed E-state index contributed by atoms with van der Waals surface area (Å²) in [4.78, 5) is 27.4. The van der Waals surface area contributed by atoms with E-state index >= 15 is 0 Å². The average Bonchev–Trinajstić information content (AvgIpc) is 3.61. The summed E-state index contributed by atoms with van der Waals surface area (Å²) in [5, 5.41) is 14.4. The van der Waals surface area contributed by atoms with E-state index in [4.69, 9.17) is 5.11 Å². The van der Waals surface area contributed by atoms with E-state index in [1.165, 1.54) is 5.56 Å². The fraction of sp³-hybridized carbons (Fsp3) is 0.517. The predicted molar refractivity (Wildman–Crippen MR) is 142 cm³/mol. The maximum absolute atomic E-state index is 13.7. The summed E-state index contributed by atoms with van der Waals surface area (Å²) in [5.74, 6) is -0.0213. The normalized spacial score (nSPS) is 23.9. The first-order chi connectivity index (χ1) is 18.0. The Balaban J connectivity index is 1.15. The number of nitrogens with zero attached hydrogens (tertiary/aromatic N) is 2. The molecule has 2 heterocycles. The van der Waals surface area contributed by atoms with Crippen molar-refractivity contribution in [1.29, 1.82) is 0 Å². The first-order valence-corrected chi connectivity index (χ1v) is 13.7. The monoisotopic (exact) mass is 505 g/mol. The number of likely N-dealkylation sites (tertiary alicyclic amines) is 1. The second-order valence-corrected chi connectivity index (χ2v) is 10.9. The number of rotatable bonds is 9. The van der Waals surface area contributed by atoms with Gasteiger partial charge in [0, 0.05) is 19.6 Å². The van der Waals surface area contributed by atoms with Crippen molar-refractivity contribution in [3.63, 3.8) is 0 Å². The second-order valence-electron chi connectivity index (χ2n) is 10.9. The Labute approximate surface area is 219 Å². The van der Waals surface area contributed by atoms with Crippen LogP contribution in [0.2, 0.25) is 0 Å². The largest absolute Gasteiger partial charge is 0.478 e. The summed E-state index contributed by atoms with van der Waals surface area (Å²) in [6, 6.07) is 17.5. The molecular weight excluding hydrogens is 466 g/mol. The Morgan fingerprint density at radius 2 is 1.59 bits per heavy atom. The zero-order valence-corrected chi connectivity index (χ0v) is 21.5. The van der Waals surface area contributed by atoms with Crippen LogP contribution in [0, 0.1) is 11.8 Å². The molecule has 1 saturated carbocycles. The van der Waals surface area contributed by atoms with Gasteiger partial charge in [-0.25, -0.2) is 15.6 Å². The third-order valence-electron chi connectivity index (χ3n) is 8.39. The van der Waals surface area contributed by atoms with Gasteiger partial charge < -0.3 is 10.4 Å². The number of carboxylic acids is 1. The number of aromatic carboxylic acids is 1.